The Morgan fingerprint density at radius 2 is 1.56 bits per heavy atom. The van der Waals surface area contributed by atoms with E-state index in [0.29, 0.717) is 24.5 Å². The van der Waals surface area contributed by atoms with E-state index in [1.165, 1.54) is 12.1 Å². The molecule has 25 heavy (non-hydrogen) atoms. The van der Waals surface area contributed by atoms with Crippen LogP contribution in [0.25, 0.3) is 0 Å². The third-order valence-corrected chi connectivity index (χ3v) is 3.64. The molecule has 3 rings (SSSR count). The first-order valence-corrected chi connectivity index (χ1v) is 8.02. The number of halogens is 1. The van der Waals surface area contributed by atoms with Crippen LogP contribution < -0.4 is 10.1 Å². The molecule has 0 aliphatic rings. The van der Waals surface area contributed by atoms with Crippen LogP contribution >= 0.6 is 0 Å². The van der Waals surface area contributed by atoms with E-state index in [9.17, 15) is 9.18 Å². The summed E-state index contributed by atoms with van der Waals surface area (Å²) in [6.45, 7) is 0.423. The molecule has 1 N–H and O–H groups in total. The summed E-state index contributed by atoms with van der Waals surface area (Å²) >= 11 is 0. The van der Waals surface area contributed by atoms with Gasteiger partial charge in [-0.05, 0) is 47.5 Å². The van der Waals surface area contributed by atoms with Crippen molar-refractivity contribution in [3.05, 3.63) is 95.8 Å². The Kier molecular flexibility index (Phi) is 5.42. The van der Waals surface area contributed by atoms with E-state index in [-0.39, 0.29) is 11.7 Å². The smallest absolute Gasteiger partial charge is 0.224 e. The minimum absolute atomic E-state index is 0.0314. The second-order valence-electron chi connectivity index (χ2n) is 5.64. The van der Waals surface area contributed by atoms with Gasteiger partial charge in [0.05, 0.1) is 6.42 Å². The van der Waals surface area contributed by atoms with Gasteiger partial charge in [0.2, 0.25) is 5.91 Å². The zero-order chi connectivity index (χ0) is 17.5. The average Bonchev–Trinajstić information content (AvgIpc) is 2.63. The van der Waals surface area contributed by atoms with Crippen LogP contribution in [0.3, 0.4) is 0 Å². The SMILES string of the molecule is O=C(Cc1ccccc1)NCc1cccc(Oc2ccc(F)cc2)c1. The van der Waals surface area contributed by atoms with Gasteiger partial charge in [-0.3, -0.25) is 4.79 Å². The number of hydrogen-bond acceptors (Lipinski definition) is 2. The van der Waals surface area contributed by atoms with Crippen molar-refractivity contribution in [1.29, 1.82) is 0 Å². The summed E-state index contributed by atoms with van der Waals surface area (Å²) in [6, 6.07) is 22.9. The van der Waals surface area contributed by atoms with E-state index in [1.54, 1.807) is 12.1 Å². The van der Waals surface area contributed by atoms with E-state index >= 15 is 0 Å². The van der Waals surface area contributed by atoms with Crippen molar-refractivity contribution >= 4 is 5.91 Å². The maximum Gasteiger partial charge on any atom is 0.224 e. The molecular formula is C21H18FNO2. The fraction of sp³-hybridized carbons (Fsp3) is 0.0952. The largest absolute Gasteiger partial charge is 0.457 e. The Morgan fingerprint density at radius 1 is 0.840 bits per heavy atom. The molecule has 0 atom stereocenters. The molecule has 0 spiro atoms. The predicted molar refractivity (Wildman–Crippen MR) is 94.9 cm³/mol. The van der Waals surface area contributed by atoms with Gasteiger partial charge in [0.1, 0.15) is 17.3 Å². The van der Waals surface area contributed by atoms with Gasteiger partial charge in [0, 0.05) is 6.54 Å². The van der Waals surface area contributed by atoms with Gasteiger partial charge in [-0.2, -0.15) is 0 Å². The normalized spacial score (nSPS) is 10.3. The van der Waals surface area contributed by atoms with Crippen molar-refractivity contribution in [3.63, 3.8) is 0 Å². The van der Waals surface area contributed by atoms with Crippen molar-refractivity contribution in [1.82, 2.24) is 5.32 Å². The quantitative estimate of drug-likeness (QED) is 0.721. The molecule has 0 bridgehead atoms. The standard InChI is InChI=1S/C21H18FNO2/c22-18-9-11-19(12-10-18)25-20-8-4-7-17(13-20)15-23-21(24)14-16-5-2-1-3-6-16/h1-13H,14-15H2,(H,23,24). The van der Waals surface area contributed by atoms with Crippen LogP contribution in [-0.4, -0.2) is 5.91 Å². The lowest BCUT2D eigenvalue weighted by molar-refractivity contribution is -0.120. The second-order valence-corrected chi connectivity index (χ2v) is 5.64. The minimum atomic E-state index is -0.303. The van der Waals surface area contributed by atoms with E-state index in [2.05, 4.69) is 5.32 Å². The van der Waals surface area contributed by atoms with Gasteiger partial charge >= 0.3 is 0 Å². The maximum atomic E-state index is 12.9. The molecule has 0 fully saturated rings. The summed E-state index contributed by atoms with van der Waals surface area (Å²) in [5.74, 6) is 0.867. The van der Waals surface area contributed by atoms with Gasteiger partial charge in [-0.1, -0.05) is 42.5 Å². The van der Waals surface area contributed by atoms with Crippen molar-refractivity contribution in [2.24, 2.45) is 0 Å². The third-order valence-electron chi connectivity index (χ3n) is 3.64. The van der Waals surface area contributed by atoms with E-state index in [1.807, 2.05) is 54.6 Å². The predicted octanol–water partition coefficient (Wildman–Crippen LogP) is 4.48. The van der Waals surface area contributed by atoms with Crippen molar-refractivity contribution in [2.45, 2.75) is 13.0 Å². The number of nitrogens with one attached hydrogen (secondary N) is 1. The summed E-state index contributed by atoms with van der Waals surface area (Å²) in [5.41, 5.74) is 1.91. The number of carbonyl (C=O) groups excluding carboxylic acids is 1. The molecule has 1 amide bonds. The first kappa shape index (κ1) is 16.7. The summed E-state index contributed by atoms with van der Waals surface area (Å²) in [7, 11) is 0. The Hall–Kier alpha value is -3.14. The van der Waals surface area contributed by atoms with Crippen LogP contribution in [0.2, 0.25) is 0 Å². The zero-order valence-electron chi connectivity index (χ0n) is 13.6. The number of rotatable bonds is 6. The fourth-order valence-corrected chi connectivity index (χ4v) is 2.40. The zero-order valence-corrected chi connectivity index (χ0v) is 13.6. The highest BCUT2D eigenvalue weighted by Crippen LogP contribution is 2.22. The van der Waals surface area contributed by atoms with Crippen molar-refractivity contribution in [2.75, 3.05) is 0 Å². The average molecular weight is 335 g/mol. The second kappa shape index (κ2) is 8.11. The molecule has 0 saturated heterocycles. The highest BCUT2D eigenvalue weighted by molar-refractivity contribution is 5.78. The van der Waals surface area contributed by atoms with Gasteiger partial charge in [-0.15, -0.1) is 0 Å². The minimum Gasteiger partial charge on any atom is -0.457 e. The molecule has 0 saturated carbocycles. The first-order valence-electron chi connectivity index (χ1n) is 8.02. The molecule has 126 valence electrons. The molecule has 0 unspecified atom stereocenters. The van der Waals surface area contributed by atoms with Gasteiger partial charge in [0.15, 0.2) is 0 Å². The third kappa shape index (κ3) is 5.18. The molecule has 0 heterocycles. The van der Waals surface area contributed by atoms with Gasteiger partial charge in [0.25, 0.3) is 0 Å². The Bertz CT molecular complexity index is 832. The van der Waals surface area contributed by atoms with Crippen LogP contribution in [0.4, 0.5) is 4.39 Å². The van der Waals surface area contributed by atoms with Gasteiger partial charge in [-0.25, -0.2) is 4.39 Å². The molecule has 4 heteroatoms. The summed E-state index contributed by atoms with van der Waals surface area (Å²) in [6.07, 6.45) is 0.354. The maximum absolute atomic E-state index is 12.9. The highest BCUT2D eigenvalue weighted by Gasteiger charge is 2.04. The molecule has 3 aromatic carbocycles. The van der Waals surface area contributed by atoms with E-state index < -0.39 is 0 Å². The fourth-order valence-electron chi connectivity index (χ4n) is 2.40. The van der Waals surface area contributed by atoms with Gasteiger partial charge < -0.3 is 10.1 Å². The lowest BCUT2D eigenvalue weighted by Crippen LogP contribution is -2.24. The molecule has 3 aromatic rings. The first-order chi connectivity index (χ1) is 12.2. The Balaban J connectivity index is 1.56. The van der Waals surface area contributed by atoms with Crippen LogP contribution in [0.1, 0.15) is 11.1 Å². The van der Waals surface area contributed by atoms with E-state index in [4.69, 9.17) is 4.74 Å². The van der Waals surface area contributed by atoms with Crippen molar-refractivity contribution < 1.29 is 13.9 Å². The monoisotopic (exact) mass is 335 g/mol. The lowest BCUT2D eigenvalue weighted by Gasteiger charge is -2.09. The molecule has 3 nitrogen and oxygen atoms in total. The lowest BCUT2D eigenvalue weighted by atomic mass is 10.1. The number of hydrogen-bond donors (Lipinski definition) is 1. The Labute approximate surface area is 146 Å². The summed E-state index contributed by atoms with van der Waals surface area (Å²) in [5, 5.41) is 2.90. The van der Waals surface area contributed by atoms with Crippen LogP contribution in [0.5, 0.6) is 11.5 Å². The summed E-state index contributed by atoms with van der Waals surface area (Å²) in [4.78, 5) is 12.0. The number of carbonyl (C=O) groups is 1. The Morgan fingerprint density at radius 3 is 2.32 bits per heavy atom. The molecule has 0 aromatic heterocycles. The number of amides is 1. The number of benzene rings is 3. The highest BCUT2D eigenvalue weighted by atomic mass is 19.1. The molecule has 0 aliphatic heterocycles. The topological polar surface area (TPSA) is 38.3 Å². The number of ether oxygens (including phenoxy) is 1. The molecular weight excluding hydrogens is 317 g/mol. The van der Waals surface area contributed by atoms with Crippen LogP contribution in [-0.2, 0) is 17.8 Å². The van der Waals surface area contributed by atoms with E-state index in [0.717, 1.165) is 11.1 Å². The van der Waals surface area contributed by atoms with Crippen LogP contribution in [0.15, 0.2) is 78.9 Å². The molecule has 0 aliphatic carbocycles. The molecule has 0 radical (unpaired) electrons. The summed E-state index contributed by atoms with van der Waals surface area (Å²) < 4.78 is 18.6. The van der Waals surface area contributed by atoms with Crippen molar-refractivity contribution in [3.8, 4) is 11.5 Å². The van der Waals surface area contributed by atoms with Crippen LogP contribution in [0, 0.1) is 5.82 Å².